The second kappa shape index (κ2) is 12.3. The van der Waals surface area contributed by atoms with Gasteiger partial charge in [-0.1, -0.05) is 23.4 Å². The number of fused-ring (bicyclic) bond motifs is 2. The minimum atomic E-state index is -4.85. The summed E-state index contributed by atoms with van der Waals surface area (Å²) in [7, 11) is 2.83. The molecule has 0 spiro atoms. The van der Waals surface area contributed by atoms with Gasteiger partial charge in [-0.2, -0.15) is 18.2 Å². The fraction of sp³-hybridized carbons (Fsp3) is 0.375. The standard InChI is InChI=1S/C32H32F3N7O6/c1-31(2,3)47-30(44)40-12-13-41(25(43)17-42-23-15-19(45-4)10-11-22(23)37-29(42)32(33,34)35)24(16-40)26-38-28(48-39-26)20-14-18-8-6-7-9-21(18)36-27(20)46-5/h6-11,14-15,24H,12-13,16-17H2,1-5H3/t24-/m0/s1. The largest absolute Gasteiger partial charge is 0.497 e. The van der Waals surface area contributed by atoms with Crippen LogP contribution in [0.3, 0.4) is 0 Å². The molecule has 2 amide bonds. The van der Waals surface area contributed by atoms with Gasteiger partial charge in [0.15, 0.2) is 5.82 Å². The number of imidazole rings is 1. The second-order valence-electron chi connectivity index (χ2n) is 12.1. The van der Waals surface area contributed by atoms with Crippen LogP contribution < -0.4 is 9.47 Å². The summed E-state index contributed by atoms with van der Waals surface area (Å²) in [5.41, 5.74) is 0.384. The maximum absolute atomic E-state index is 14.2. The lowest BCUT2D eigenvalue weighted by molar-refractivity contribution is -0.148. The Labute approximate surface area is 272 Å². The van der Waals surface area contributed by atoms with E-state index in [4.69, 9.17) is 18.7 Å². The average molecular weight is 668 g/mol. The molecule has 6 rings (SSSR count). The molecule has 1 aliphatic rings. The number of carbonyl (C=O) groups is 2. The van der Waals surface area contributed by atoms with E-state index in [1.165, 1.54) is 42.2 Å². The van der Waals surface area contributed by atoms with Crippen molar-refractivity contribution in [3.8, 4) is 23.1 Å². The number of hydrogen-bond donors (Lipinski definition) is 0. The van der Waals surface area contributed by atoms with Crippen LogP contribution in [0, 0.1) is 0 Å². The Morgan fingerprint density at radius 1 is 0.958 bits per heavy atom. The smallest absolute Gasteiger partial charge is 0.449 e. The Kier molecular flexibility index (Phi) is 8.35. The number of amides is 2. The zero-order chi connectivity index (χ0) is 34.4. The van der Waals surface area contributed by atoms with Crippen molar-refractivity contribution in [1.82, 2.24) is 34.5 Å². The first-order chi connectivity index (χ1) is 22.8. The number of benzene rings is 2. The van der Waals surface area contributed by atoms with Crippen LogP contribution in [0.2, 0.25) is 0 Å². The molecule has 13 nitrogen and oxygen atoms in total. The summed E-state index contributed by atoms with van der Waals surface area (Å²) in [5, 5.41) is 4.92. The number of ether oxygens (including phenoxy) is 3. The predicted octanol–water partition coefficient (Wildman–Crippen LogP) is 5.49. The van der Waals surface area contributed by atoms with E-state index in [0.29, 0.717) is 16.8 Å². The zero-order valence-corrected chi connectivity index (χ0v) is 26.7. The number of halogens is 3. The third-order valence-electron chi connectivity index (χ3n) is 7.71. The van der Waals surface area contributed by atoms with Crippen molar-refractivity contribution in [2.24, 2.45) is 0 Å². The van der Waals surface area contributed by atoms with Crippen LogP contribution in [0.1, 0.15) is 38.5 Å². The van der Waals surface area contributed by atoms with Crippen molar-refractivity contribution in [3.63, 3.8) is 0 Å². The summed E-state index contributed by atoms with van der Waals surface area (Å²) in [6.45, 7) is 4.34. The maximum atomic E-state index is 14.2. The van der Waals surface area contributed by atoms with Gasteiger partial charge in [0.25, 0.3) is 5.89 Å². The van der Waals surface area contributed by atoms with E-state index in [-0.39, 0.29) is 48.3 Å². The Bertz CT molecular complexity index is 2000. The first-order valence-electron chi connectivity index (χ1n) is 14.9. The van der Waals surface area contributed by atoms with Gasteiger partial charge in [-0.25, -0.2) is 14.8 Å². The third-order valence-corrected chi connectivity index (χ3v) is 7.71. The Morgan fingerprint density at radius 2 is 1.73 bits per heavy atom. The number of rotatable bonds is 6. The highest BCUT2D eigenvalue weighted by molar-refractivity contribution is 5.85. The molecule has 1 fully saturated rings. The third kappa shape index (κ3) is 6.41. The molecule has 3 aromatic heterocycles. The number of para-hydroxylation sites is 1. The molecule has 48 heavy (non-hydrogen) atoms. The van der Waals surface area contributed by atoms with Gasteiger partial charge in [-0.05, 0) is 45.0 Å². The molecule has 252 valence electrons. The van der Waals surface area contributed by atoms with Gasteiger partial charge in [-0.3, -0.25) is 4.79 Å². The summed E-state index contributed by atoms with van der Waals surface area (Å²) in [6, 6.07) is 12.4. The molecule has 16 heteroatoms. The monoisotopic (exact) mass is 667 g/mol. The molecular formula is C32H32F3N7O6. The van der Waals surface area contributed by atoms with E-state index >= 15 is 0 Å². The molecule has 0 radical (unpaired) electrons. The van der Waals surface area contributed by atoms with Gasteiger partial charge < -0.3 is 33.1 Å². The first-order valence-corrected chi connectivity index (χ1v) is 14.9. The number of piperazine rings is 1. The second-order valence-corrected chi connectivity index (χ2v) is 12.1. The van der Waals surface area contributed by atoms with Crippen molar-refractivity contribution in [2.45, 2.75) is 45.1 Å². The molecule has 2 aromatic carbocycles. The van der Waals surface area contributed by atoms with Gasteiger partial charge in [0.1, 0.15) is 29.5 Å². The van der Waals surface area contributed by atoms with Crippen LogP contribution in [-0.2, 0) is 22.3 Å². The first kappa shape index (κ1) is 32.5. The molecule has 1 atom stereocenters. The number of methoxy groups -OCH3 is 2. The Hall–Kier alpha value is -5.41. The van der Waals surface area contributed by atoms with Gasteiger partial charge in [0, 0.05) is 24.5 Å². The van der Waals surface area contributed by atoms with Crippen LogP contribution in [0.15, 0.2) is 53.1 Å². The minimum Gasteiger partial charge on any atom is -0.497 e. The highest BCUT2D eigenvalue weighted by atomic mass is 19.4. The van der Waals surface area contributed by atoms with Gasteiger partial charge in [0.05, 0.1) is 37.3 Å². The van der Waals surface area contributed by atoms with Crippen LogP contribution in [0.5, 0.6) is 11.6 Å². The fourth-order valence-corrected chi connectivity index (χ4v) is 5.51. The maximum Gasteiger partial charge on any atom is 0.449 e. The molecule has 0 unspecified atom stereocenters. The van der Waals surface area contributed by atoms with Gasteiger partial charge in [0.2, 0.25) is 17.6 Å². The Balaban J connectivity index is 1.37. The number of nitrogens with zero attached hydrogens (tertiary/aromatic N) is 7. The van der Waals surface area contributed by atoms with E-state index in [1.807, 2.05) is 24.3 Å². The molecule has 0 N–H and O–H groups in total. The average Bonchev–Trinajstić information content (AvgIpc) is 3.68. The summed E-state index contributed by atoms with van der Waals surface area (Å²) in [6.07, 6.45) is -5.48. The van der Waals surface area contributed by atoms with E-state index in [0.717, 1.165) is 9.95 Å². The molecule has 1 saturated heterocycles. The van der Waals surface area contributed by atoms with Crippen LogP contribution in [0.25, 0.3) is 33.4 Å². The minimum absolute atomic E-state index is 0.0232. The molecule has 4 heterocycles. The van der Waals surface area contributed by atoms with Crippen molar-refractivity contribution < 1.29 is 41.5 Å². The van der Waals surface area contributed by atoms with Crippen molar-refractivity contribution in [3.05, 3.63) is 60.2 Å². The van der Waals surface area contributed by atoms with Crippen LogP contribution >= 0.6 is 0 Å². The predicted molar refractivity (Wildman–Crippen MR) is 165 cm³/mol. The molecular weight excluding hydrogens is 635 g/mol. The lowest BCUT2D eigenvalue weighted by atomic mass is 10.1. The highest BCUT2D eigenvalue weighted by Gasteiger charge is 2.41. The van der Waals surface area contributed by atoms with Crippen molar-refractivity contribution in [2.75, 3.05) is 33.9 Å². The molecule has 5 aromatic rings. The summed E-state index contributed by atoms with van der Waals surface area (Å²) >= 11 is 0. The highest BCUT2D eigenvalue weighted by Crippen LogP contribution is 2.35. The van der Waals surface area contributed by atoms with E-state index in [9.17, 15) is 22.8 Å². The lowest BCUT2D eigenvalue weighted by Gasteiger charge is -2.40. The topological polar surface area (TPSA) is 138 Å². The van der Waals surface area contributed by atoms with Crippen LogP contribution in [0.4, 0.5) is 18.0 Å². The number of hydrogen-bond acceptors (Lipinski definition) is 10. The number of alkyl halides is 3. The fourth-order valence-electron chi connectivity index (χ4n) is 5.51. The molecule has 1 aliphatic heterocycles. The number of aromatic nitrogens is 5. The van der Waals surface area contributed by atoms with E-state index in [1.54, 1.807) is 26.8 Å². The van der Waals surface area contributed by atoms with Crippen molar-refractivity contribution in [1.29, 1.82) is 0 Å². The van der Waals surface area contributed by atoms with Gasteiger partial charge in [-0.15, -0.1) is 0 Å². The number of pyridine rings is 1. The summed E-state index contributed by atoms with van der Waals surface area (Å²) < 4.78 is 65.1. The molecule has 0 aliphatic carbocycles. The number of carbonyl (C=O) groups excluding carboxylic acids is 2. The summed E-state index contributed by atoms with van der Waals surface area (Å²) in [4.78, 5) is 42.6. The molecule has 0 bridgehead atoms. The van der Waals surface area contributed by atoms with Crippen LogP contribution in [-0.4, -0.2) is 85.9 Å². The normalized spacial score (nSPS) is 15.6. The van der Waals surface area contributed by atoms with Gasteiger partial charge >= 0.3 is 12.3 Å². The summed E-state index contributed by atoms with van der Waals surface area (Å²) in [5.74, 6) is -1.35. The molecule has 0 saturated carbocycles. The SMILES string of the molecule is COc1ccc2nc(C(F)(F)F)n(CC(=O)N3CCN(C(=O)OC(C)(C)C)C[C@H]3c3noc(-c4cc5ccccc5nc4OC)n3)c2c1. The van der Waals surface area contributed by atoms with E-state index < -0.39 is 42.2 Å². The van der Waals surface area contributed by atoms with E-state index in [2.05, 4.69) is 20.1 Å². The zero-order valence-electron chi connectivity index (χ0n) is 26.7. The van der Waals surface area contributed by atoms with Crippen molar-refractivity contribution >= 4 is 33.9 Å². The lowest BCUT2D eigenvalue weighted by Crippen LogP contribution is -2.54. The Morgan fingerprint density at radius 3 is 2.44 bits per heavy atom. The quantitative estimate of drug-likeness (QED) is 0.229.